The molecule has 1 unspecified atom stereocenters. The van der Waals surface area contributed by atoms with Gasteiger partial charge in [-0.3, -0.25) is 14.5 Å². The number of hydrogen-bond acceptors (Lipinski definition) is 7. The fourth-order valence-electron chi connectivity index (χ4n) is 4.47. The van der Waals surface area contributed by atoms with E-state index in [2.05, 4.69) is 25.9 Å². The van der Waals surface area contributed by atoms with Crippen LogP contribution in [0.2, 0.25) is 0 Å². The predicted octanol–water partition coefficient (Wildman–Crippen LogP) is 1.57. The molecule has 2 aliphatic heterocycles. The lowest BCUT2D eigenvalue weighted by atomic mass is 9.99. The van der Waals surface area contributed by atoms with Crippen molar-refractivity contribution in [3.8, 4) is 0 Å². The quantitative estimate of drug-likeness (QED) is 0.522. The average Bonchev–Trinajstić information content (AvgIpc) is 3.58. The second-order valence-corrected chi connectivity index (χ2v) is 8.80. The molecule has 9 nitrogen and oxygen atoms in total. The first-order valence-corrected chi connectivity index (χ1v) is 11.5. The van der Waals surface area contributed by atoms with Gasteiger partial charge in [0.1, 0.15) is 11.6 Å². The maximum atomic E-state index is 14.8. The third-order valence-corrected chi connectivity index (χ3v) is 6.43. The number of aromatic nitrogens is 2. The Morgan fingerprint density at radius 2 is 2.03 bits per heavy atom. The zero-order valence-electron chi connectivity index (χ0n) is 18.4. The van der Waals surface area contributed by atoms with E-state index in [-0.39, 0.29) is 29.6 Å². The van der Waals surface area contributed by atoms with Crippen molar-refractivity contribution < 1.29 is 14.0 Å². The minimum Gasteiger partial charge on any atom is -0.367 e. The van der Waals surface area contributed by atoms with Crippen LogP contribution in [0.1, 0.15) is 24.8 Å². The number of anilines is 4. The van der Waals surface area contributed by atoms with E-state index in [4.69, 9.17) is 0 Å². The zero-order chi connectivity index (χ0) is 22.8. The molecule has 3 heterocycles. The molecule has 3 aliphatic rings. The highest BCUT2D eigenvalue weighted by Crippen LogP contribution is 2.33. The molecule has 10 heteroatoms. The van der Waals surface area contributed by atoms with E-state index in [0.717, 1.165) is 57.4 Å². The first-order valence-electron chi connectivity index (χ1n) is 11.5. The summed E-state index contributed by atoms with van der Waals surface area (Å²) < 4.78 is 14.8. The molecule has 33 heavy (non-hydrogen) atoms. The summed E-state index contributed by atoms with van der Waals surface area (Å²) in [5.74, 6) is 0.366. The Morgan fingerprint density at radius 1 is 1.21 bits per heavy atom. The second kappa shape index (κ2) is 9.30. The molecule has 1 aromatic heterocycles. The number of benzene rings is 1. The molecule has 3 N–H and O–H groups in total. The molecule has 5 rings (SSSR count). The van der Waals surface area contributed by atoms with Crippen LogP contribution in [0.5, 0.6) is 0 Å². The van der Waals surface area contributed by atoms with Gasteiger partial charge in [0.25, 0.3) is 0 Å². The highest BCUT2D eigenvalue weighted by molar-refractivity contribution is 5.82. The van der Waals surface area contributed by atoms with E-state index in [9.17, 15) is 14.0 Å². The number of hydrogen-bond donors (Lipinski definition) is 3. The molecule has 0 bridgehead atoms. The van der Waals surface area contributed by atoms with E-state index in [1.807, 2.05) is 4.90 Å². The number of piperazine rings is 1. The summed E-state index contributed by atoms with van der Waals surface area (Å²) in [5.41, 5.74) is 1.88. The lowest BCUT2D eigenvalue weighted by molar-refractivity contribution is -0.122. The fraction of sp³-hybridized carbons (Fsp3) is 0.478. The van der Waals surface area contributed by atoms with Gasteiger partial charge in [-0.1, -0.05) is 0 Å². The Balaban J connectivity index is 1.38. The van der Waals surface area contributed by atoms with Gasteiger partial charge in [-0.25, -0.2) is 9.37 Å². The van der Waals surface area contributed by atoms with Crippen molar-refractivity contribution in [3.05, 3.63) is 35.8 Å². The summed E-state index contributed by atoms with van der Waals surface area (Å²) >= 11 is 0. The number of rotatable bonds is 8. The summed E-state index contributed by atoms with van der Waals surface area (Å²) in [4.78, 5) is 36.6. The third kappa shape index (κ3) is 4.75. The molecule has 2 saturated heterocycles. The molecule has 3 fully saturated rings. The first-order chi connectivity index (χ1) is 16.1. The number of halogens is 1. The van der Waals surface area contributed by atoms with Gasteiger partial charge in [-0.2, -0.15) is 4.98 Å². The molecule has 174 valence electrons. The third-order valence-electron chi connectivity index (χ3n) is 6.43. The van der Waals surface area contributed by atoms with E-state index in [0.29, 0.717) is 30.2 Å². The normalized spacial score (nSPS) is 20.5. The van der Waals surface area contributed by atoms with Crippen molar-refractivity contribution in [2.24, 2.45) is 5.92 Å². The van der Waals surface area contributed by atoms with Crippen LogP contribution in [0.3, 0.4) is 0 Å². The minimum atomic E-state index is -0.307. The van der Waals surface area contributed by atoms with Crippen LogP contribution < -0.4 is 25.8 Å². The predicted molar refractivity (Wildman–Crippen MR) is 123 cm³/mol. The Kier molecular flexibility index (Phi) is 6.08. The van der Waals surface area contributed by atoms with Gasteiger partial charge in [-0.15, -0.1) is 0 Å². The van der Waals surface area contributed by atoms with Crippen LogP contribution in [-0.4, -0.2) is 61.1 Å². The Labute approximate surface area is 191 Å². The van der Waals surface area contributed by atoms with Crippen LogP contribution >= 0.6 is 0 Å². The molecule has 2 amide bonds. The molecule has 2 aromatic rings. The lowest BCUT2D eigenvalue weighted by Gasteiger charge is -2.29. The second-order valence-electron chi connectivity index (χ2n) is 8.80. The maximum absolute atomic E-state index is 14.8. The SMILES string of the molecule is O=CN(c1nc(Nc2ccc(N3CCNCC3)c(F)c2)ncc1CC1CCNC1=O)C1CC1. The van der Waals surface area contributed by atoms with Gasteiger partial charge in [0.15, 0.2) is 0 Å². The topological polar surface area (TPSA) is 102 Å². The molecular formula is C23H28FN7O2. The van der Waals surface area contributed by atoms with Gasteiger partial charge in [0.05, 0.1) is 5.69 Å². The van der Waals surface area contributed by atoms with E-state index >= 15 is 0 Å². The molecular weight excluding hydrogens is 425 g/mol. The molecule has 1 atom stereocenters. The minimum absolute atomic E-state index is 0.0206. The number of amides is 2. The van der Waals surface area contributed by atoms with Crippen LogP contribution in [-0.2, 0) is 16.0 Å². The van der Waals surface area contributed by atoms with Crippen LogP contribution in [0.15, 0.2) is 24.4 Å². The molecule has 0 spiro atoms. The van der Waals surface area contributed by atoms with Crippen molar-refractivity contribution in [1.29, 1.82) is 0 Å². The molecule has 1 aliphatic carbocycles. The van der Waals surface area contributed by atoms with Crippen LogP contribution in [0.25, 0.3) is 0 Å². The first kappa shape index (κ1) is 21.6. The summed E-state index contributed by atoms with van der Waals surface area (Å²) in [6, 6.07) is 5.13. The van der Waals surface area contributed by atoms with Gasteiger partial charge in [-0.05, 0) is 43.9 Å². The highest BCUT2D eigenvalue weighted by Gasteiger charge is 2.33. The van der Waals surface area contributed by atoms with E-state index in [1.165, 1.54) is 6.07 Å². The monoisotopic (exact) mass is 453 g/mol. The number of nitrogens with zero attached hydrogens (tertiary/aromatic N) is 4. The van der Waals surface area contributed by atoms with Crippen LogP contribution in [0, 0.1) is 11.7 Å². The van der Waals surface area contributed by atoms with Crippen molar-refractivity contribution in [2.75, 3.05) is 47.8 Å². The molecule has 1 saturated carbocycles. The van der Waals surface area contributed by atoms with Gasteiger partial charge in [0, 0.05) is 62.1 Å². The number of carbonyl (C=O) groups is 2. The summed E-state index contributed by atoms with van der Waals surface area (Å²) in [6.07, 6.45) is 5.54. The van der Waals surface area contributed by atoms with Gasteiger partial charge >= 0.3 is 0 Å². The molecule has 1 aromatic carbocycles. The summed E-state index contributed by atoms with van der Waals surface area (Å²) in [7, 11) is 0. The van der Waals surface area contributed by atoms with E-state index in [1.54, 1.807) is 23.2 Å². The van der Waals surface area contributed by atoms with Gasteiger partial charge in [0.2, 0.25) is 18.3 Å². The van der Waals surface area contributed by atoms with Crippen molar-refractivity contribution >= 4 is 35.5 Å². The molecule has 0 radical (unpaired) electrons. The van der Waals surface area contributed by atoms with Crippen LogP contribution in [0.4, 0.5) is 27.5 Å². The maximum Gasteiger partial charge on any atom is 0.229 e. The highest BCUT2D eigenvalue weighted by atomic mass is 19.1. The average molecular weight is 454 g/mol. The Hall–Kier alpha value is -3.27. The van der Waals surface area contributed by atoms with Crippen molar-refractivity contribution in [2.45, 2.75) is 31.7 Å². The van der Waals surface area contributed by atoms with Crippen molar-refractivity contribution in [3.63, 3.8) is 0 Å². The smallest absolute Gasteiger partial charge is 0.229 e. The lowest BCUT2D eigenvalue weighted by Crippen LogP contribution is -2.43. The zero-order valence-corrected chi connectivity index (χ0v) is 18.4. The Bertz CT molecular complexity index is 1040. The van der Waals surface area contributed by atoms with Crippen molar-refractivity contribution in [1.82, 2.24) is 20.6 Å². The Morgan fingerprint density at radius 3 is 2.70 bits per heavy atom. The summed E-state index contributed by atoms with van der Waals surface area (Å²) in [6.45, 7) is 3.85. The van der Waals surface area contributed by atoms with E-state index < -0.39 is 0 Å². The largest absolute Gasteiger partial charge is 0.367 e. The number of nitrogens with one attached hydrogen (secondary N) is 3. The summed E-state index contributed by atoms with van der Waals surface area (Å²) in [5, 5.41) is 9.18. The fourth-order valence-corrected chi connectivity index (χ4v) is 4.47. The number of carbonyl (C=O) groups excluding carboxylic acids is 2. The standard InChI is InChI=1S/C23H28FN7O2/c24-19-12-17(1-4-20(19)30-9-7-25-8-10-30)28-23-27-13-16(11-15-5-6-26-22(15)33)21(29-23)31(14-32)18-2-3-18/h1,4,12-15,18,25H,2-3,5-11H2,(H,26,33)(H,27,28,29). The van der Waals surface area contributed by atoms with Gasteiger partial charge < -0.3 is 20.9 Å².